The van der Waals surface area contributed by atoms with E-state index in [1.807, 2.05) is 29.0 Å². The van der Waals surface area contributed by atoms with Gasteiger partial charge in [-0.3, -0.25) is 0 Å². The van der Waals surface area contributed by atoms with Crippen LogP contribution in [-0.2, 0) is 0 Å². The molecule has 1 atom stereocenters. The molecule has 1 aliphatic heterocycles. The lowest BCUT2D eigenvalue weighted by atomic mass is 9.88. The van der Waals surface area contributed by atoms with Crippen molar-refractivity contribution in [2.24, 2.45) is 5.73 Å². The molecule has 0 saturated heterocycles. The van der Waals surface area contributed by atoms with Gasteiger partial charge in [0.25, 0.3) is 0 Å². The zero-order valence-electron chi connectivity index (χ0n) is 11.8. The number of para-hydroxylation sites is 1. The highest BCUT2D eigenvalue weighted by Crippen LogP contribution is 2.43. The van der Waals surface area contributed by atoms with E-state index in [1.165, 1.54) is 11.3 Å². The SMILES string of the molecule is N#CC1=C(N)C(c2ccsc2)c2c(c3ccccc3oc2=O)O1. The fraction of sp³-hybridized carbons (Fsp3) is 0.0588. The molecule has 0 spiro atoms. The molecule has 1 aliphatic rings. The molecule has 4 rings (SSSR count). The van der Waals surface area contributed by atoms with Crippen LogP contribution in [0.4, 0.5) is 0 Å². The lowest BCUT2D eigenvalue weighted by molar-refractivity contribution is 0.407. The number of thiophene rings is 1. The number of nitriles is 1. The molecule has 0 aliphatic carbocycles. The predicted molar refractivity (Wildman–Crippen MR) is 86.1 cm³/mol. The monoisotopic (exact) mass is 322 g/mol. The van der Waals surface area contributed by atoms with Crippen LogP contribution in [0.5, 0.6) is 5.75 Å². The van der Waals surface area contributed by atoms with Crippen LogP contribution in [0, 0.1) is 11.3 Å². The van der Waals surface area contributed by atoms with Crippen LogP contribution in [0.3, 0.4) is 0 Å². The average molecular weight is 322 g/mol. The van der Waals surface area contributed by atoms with E-state index in [-0.39, 0.29) is 11.5 Å². The summed E-state index contributed by atoms with van der Waals surface area (Å²) in [4.78, 5) is 12.5. The lowest BCUT2D eigenvalue weighted by Crippen LogP contribution is -2.26. The number of allylic oxidation sites excluding steroid dienone is 2. The van der Waals surface area contributed by atoms with Crippen LogP contribution in [0.15, 0.2) is 61.8 Å². The van der Waals surface area contributed by atoms with Crippen molar-refractivity contribution in [3.8, 4) is 11.8 Å². The van der Waals surface area contributed by atoms with E-state index >= 15 is 0 Å². The minimum absolute atomic E-state index is 0.0180. The summed E-state index contributed by atoms with van der Waals surface area (Å²) in [6.45, 7) is 0. The van der Waals surface area contributed by atoms with E-state index in [9.17, 15) is 10.1 Å². The summed E-state index contributed by atoms with van der Waals surface area (Å²) in [6.07, 6.45) is 0. The molecule has 1 unspecified atom stereocenters. The molecular formula is C17H10N2O3S. The number of hydrogen-bond acceptors (Lipinski definition) is 6. The Hall–Kier alpha value is -3.04. The molecule has 5 nitrogen and oxygen atoms in total. The average Bonchev–Trinajstić information content (AvgIpc) is 3.08. The van der Waals surface area contributed by atoms with E-state index in [2.05, 4.69) is 0 Å². The predicted octanol–water partition coefficient (Wildman–Crippen LogP) is 3.07. The second kappa shape index (κ2) is 5.00. The summed E-state index contributed by atoms with van der Waals surface area (Å²) in [5, 5.41) is 13.8. The van der Waals surface area contributed by atoms with Crippen LogP contribution >= 0.6 is 11.3 Å². The maximum absolute atomic E-state index is 12.5. The van der Waals surface area contributed by atoms with Gasteiger partial charge in [0.05, 0.1) is 22.6 Å². The van der Waals surface area contributed by atoms with Crippen molar-refractivity contribution in [3.63, 3.8) is 0 Å². The van der Waals surface area contributed by atoms with Crippen LogP contribution in [0.25, 0.3) is 11.0 Å². The molecule has 2 N–H and O–H groups in total. The van der Waals surface area contributed by atoms with Gasteiger partial charge in [-0.15, -0.1) is 0 Å². The van der Waals surface area contributed by atoms with E-state index in [1.54, 1.807) is 18.2 Å². The summed E-state index contributed by atoms with van der Waals surface area (Å²) in [7, 11) is 0. The van der Waals surface area contributed by atoms with Crippen molar-refractivity contribution in [1.82, 2.24) is 0 Å². The highest BCUT2D eigenvalue weighted by molar-refractivity contribution is 7.08. The minimum Gasteiger partial charge on any atom is -0.443 e. The Morgan fingerprint density at radius 1 is 1.26 bits per heavy atom. The van der Waals surface area contributed by atoms with Crippen molar-refractivity contribution >= 4 is 22.3 Å². The second-order valence-corrected chi connectivity index (χ2v) is 5.90. The molecule has 2 aromatic heterocycles. The van der Waals surface area contributed by atoms with Gasteiger partial charge >= 0.3 is 5.63 Å². The first-order chi connectivity index (χ1) is 11.2. The Labute approximate surface area is 134 Å². The lowest BCUT2D eigenvalue weighted by Gasteiger charge is -2.25. The molecule has 3 heterocycles. The molecule has 0 fully saturated rings. The zero-order valence-corrected chi connectivity index (χ0v) is 12.6. The van der Waals surface area contributed by atoms with Gasteiger partial charge in [-0.2, -0.15) is 16.6 Å². The maximum atomic E-state index is 12.5. The van der Waals surface area contributed by atoms with Gasteiger partial charge in [0.15, 0.2) is 5.75 Å². The fourth-order valence-corrected chi connectivity index (χ4v) is 3.50. The normalized spacial score (nSPS) is 16.7. The van der Waals surface area contributed by atoms with Gasteiger partial charge in [-0.05, 0) is 34.5 Å². The van der Waals surface area contributed by atoms with Crippen molar-refractivity contribution in [1.29, 1.82) is 5.26 Å². The molecule has 23 heavy (non-hydrogen) atoms. The van der Waals surface area contributed by atoms with Crippen LogP contribution in [0.2, 0.25) is 0 Å². The number of hydrogen-bond donors (Lipinski definition) is 1. The van der Waals surface area contributed by atoms with Gasteiger partial charge < -0.3 is 14.9 Å². The Bertz CT molecular complexity index is 1040. The second-order valence-electron chi connectivity index (χ2n) is 5.12. The molecule has 0 saturated carbocycles. The third kappa shape index (κ3) is 1.94. The topological polar surface area (TPSA) is 89.3 Å². The van der Waals surface area contributed by atoms with Gasteiger partial charge in [0.2, 0.25) is 5.76 Å². The zero-order chi connectivity index (χ0) is 16.0. The molecule has 0 bridgehead atoms. The molecule has 0 radical (unpaired) electrons. The third-order valence-electron chi connectivity index (χ3n) is 3.84. The van der Waals surface area contributed by atoms with Crippen LogP contribution in [0.1, 0.15) is 17.0 Å². The smallest absolute Gasteiger partial charge is 0.344 e. The largest absolute Gasteiger partial charge is 0.443 e. The van der Waals surface area contributed by atoms with Crippen LogP contribution in [-0.4, -0.2) is 0 Å². The summed E-state index contributed by atoms with van der Waals surface area (Å²) >= 11 is 1.49. The number of nitrogens with two attached hydrogens (primary N) is 1. The van der Waals surface area contributed by atoms with E-state index in [4.69, 9.17) is 14.9 Å². The van der Waals surface area contributed by atoms with E-state index in [0.29, 0.717) is 22.3 Å². The number of ether oxygens (including phenoxy) is 1. The minimum atomic E-state index is -0.541. The van der Waals surface area contributed by atoms with E-state index in [0.717, 1.165) is 5.56 Å². The van der Waals surface area contributed by atoms with Crippen molar-refractivity contribution in [2.75, 3.05) is 0 Å². The first-order valence-corrected chi connectivity index (χ1v) is 7.80. The maximum Gasteiger partial charge on any atom is 0.344 e. The quantitative estimate of drug-likeness (QED) is 0.695. The first kappa shape index (κ1) is 13.6. The fourth-order valence-electron chi connectivity index (χ4n) is 2.82. The van der Waals surface area contributed by atoms with Gasteiger partial charge in [-0.25, -0.2) is 4.79 Å². The summed E-state index contributed by atoms with van der Waals surface area (Å²) < 4.78 is 11.1. The summed E-state index contributed by atoms with van der Waals surface area (Å²) in [6, 6.07) is 10.9. The van der Waals surface area contributed by atoms with Gasteiger partial charge in [0, 0.05) is 0 Å². The number of benzene rings is 1. The van der Waals surface area contributed by atoms with Crippen LogP contribution < -0.4 is 16.1 Å². The Kier molecular flexibility index (Phi) is 2.96. The molecule has 3 aromatic rings. The van der Waals surface area contributed by atoms with Crippen molar-refractivity contribution in [3.05, 3.63) is 74.1 Å². The summed E-state index contributed by atoms with van der Waals surface area (Å²) in [5.41, 5.74) is 7.41. The van der Waals surface area contributed by atoms with Gasteiger partial charge in [-0.1, -0.05) is 12.1 Å². The van der Waals surface area contributed by atoms with E-state index < -0.39 is 11.5 Å². The highest BCUT2D eigenvalue weighted by atomic mass is 32.1. The van der Waals surface area contributed by atoms with Gasteiger partial charge in [0.1, 0.15) is 11.7 Å². The highest BCUT2D eigenvalue weighted by Gasteiger charge is 2.34. The Morgan fingerprint density at radius 2 is 2.09 bits per heavy atom. The van der Waals surface area contributed by atoms with Crippen molar-refractivity contribution in [2.45, 2.75) is 5.92 Å². The standard InChI is InChI=1S/C17H10N2O3S/c18-7-12-15(19)13(9-5-6-23-8-9)14-16(21-12)10-3-1-2-4-11(10)22-17(14)20/h1-6,8,13H,19H2. The Morgan fingerprint density at radius 3 is 2.83 bits per heavy atom. The first-order valence-electron chi connectivity index (χ1n) is 6.86. The molecule has 0 amide bonds. The molecule has 6 heteroatoms. The van der Waals surface area contributed by atoms with Crippen molar-refractivity contribution < 1.29 is 9.15 Å². The third-order valence-corrected chi connectivity index (χ3v) is 4.54. The number of fused-ring (bicyclic) bond motifs is 3. The number of nitrogens with zero attached hydrogens (tertiary/aromatic N) is 1. The summed E-state index contributed by atoms with van der Waals surface area (Å²) in [5.74, 6) is -0.177. The molecule has 1 aromatic carbocycles. The molecule has 112 valence electrons. The molecular weight excluding hydrogens is 312 g/mol. The Balaban J connectivity index is 2.11. The number of rotatable bonds is 1.